The van der Waals surface area contributed by atoms with E-state index in [1.807, 2.05) is 48.5 Å². The summed E-state index contributed by atoms with van der Waals surface area (Å²) in [7, 11) is 1.62. The molecule has 0 radical (unpaired) electrons. The van der Waals surface area contributed by atoms with Gasteiger partial charge in [-0.2, -0.15) is 0 Å². The molecule has 0 aliphatic carbocycles. The van der Waals surface area contributed by atoms with Gasteiger partial charge in [0.1, 0.15) is 18.5 Å². The van der Waals surface area contributed by atoms with Crippen molar-refractivity contribution in [2.45, 2.75) is 11.3 Å². The van der Waals surface area contributed by atoms with Gasteiger partial charge in [-0.1, -0.05) is 23.9 Å². The highest BCUT2D eigenvalue weighted by Gasteiger charge is 2.21. The van der Waals surface area contributed by atoms with Gasteiger partial charge in [0.2, 0.25) is 11.1 Å². The number of H-pyrrole nitrogens is 1. The Morgan fingerprint density at radius 1 is 1.24 bits per heavy atom. The van der Waals surface area contributed by atoms with Crippen LogP contribution in [-0.4, -0.2) is 53.2 Å². The lowest BCUT2D eigenvalue weighted by atomic mass is 10.2. The van der Waals surface area contributed by atoms with Gasteiger partial charge in [-0.25, -0.2) is 4.98 Å². The summed E-state index contributed by atoms with van der Waals surface area (Å²) >= 11 is 1.26. The Labute approximate surface area is 172 Å². The van der Waals surface area contributed by atoms with Crippen LogP contribution in [-0.2, 0) is 4.79 Å². The largest absolute Gasteiger partial charge is 0.497 e. The van der Waals surface area contributed by atoms with Gasteiger partial charge < -0.3 is 19.5 Å². The number of carbonyl (C=O) groups is 1. The van der Waals surface area contributed by atoms with Crippen molar-refractivity contribution in [1.82, 2.24) is 20.5 Å². The first-order valence-electron chi connectivity index (χ1n) is 9.06. The third-order valence-corrected chi connectivity index (χ3v) is 5.10. The predicted octanol–water partition coefficient (Wildman–Crippen LogP) is 2.53. The van der Waals surface area contributed by atoms with Crippen LogP contribution in [0.5, 0.6) is 17.2 Å². The number of nitrogens with zero attached hydrogens (tertiary/aromatic N) is 2. The number of benzene rings is 2. The number of thioether (sulfide) groups is 1. The number of nitrogens with one attached hydrogen (secondary N) is 2. The van der Waals surface area contributed by atoms with Gasteiger partial charge >= 0.3 is 0 Å². The van der Waals surface area contributed by atoms with Crippen molar-refractivity contribution in [2.24, 2.45) is 0 Å². The fourth-order valence-electron chi connectivity index (χ4n) is 2.76. The van der Waals surface area contributed by atoms with E-state index >= 15 is 0 Å². The van der Waals surface area contributed by atoms with Crippen LogP contribution in [0.3, 0.4) is 0 Å². The number of para-hydroxylation sites is 2. The first-order valence-corrected chi connectivity index (χ1v) is 10.0. The summed E-state index contributed by atoms with van der Waals surface area (Å²) in [5.41, 5.74) is 0.893. The van der Waals surface area contributed by atoms with Gasteiger partial charge in [-0.05, 0) is 36.4 Å². The zero-order valence-electron chi connectivity index (χ0n) is 15.8. The number of ether oxygens (including phenoxy) is 3. The normalized spacial score (nSPS) is 15.0. The SMILES string of the molecule is COc1ccc(-c2nc(SCC(=O)NC[C@@H]3COc4ccccc4O3)n[nH]2)cc1. The highest BCUT2D eigenvalue weighted by Crippen LogP contribution is 2.30. The van der Waals surface area contributed by atoms with Crippen molar-refractivity contribution in [3.8, 4) is 28.6 Å². The van der Waals surface area contributed by atoms with E-state index in [0.29, 0.717) is 29.9 Å². The van der Waals surface area contributed by atoms with Crippen LogP contribution in [0.25, 0.3) is 11.4 Å². The Morgan fingerprint density at radius 3 is 2.83 bits per heavy atom. The summed E-state index contributed by atoms with van der Waals surface area (Å²) in [4.78, 5) is 16.6. The third kappa shape index (κ3) is 4.80. The number of hydrogen-bond acceptors (Lipinski definition) is 7. The van der Waals surface area contributed by atoms with E-state index in [0.717, 1.165) is 17.1 Å². The summed E-state index contributed by atoms with van der Waals surface area (Å²) in [5.74, 6) is 2.93. The van der Waals surface area contributed by atoms with Crippen LogP contribution in [0.15, 0.2) is 53.7 Å². The number of aromatic amines is 1. The summed E-state index contributed by atoms with van der Waals surface area (Å²) in [6.45, 7) is 0.773. The summed E-state index contributed by atoms with van der Waals surface area (Å²) < 4.78 is 16.6. The second kappa shape index (κ2) is 8.87. The maximum absolute atomic E-state index is 12.1. The number of amides is 1. The van der Waals surface area contributed by atoms with Gasteiger partial charge in [-0.15, -0.1) is 5.10 Å². The molecule has 4 rings (SSSR count). The average Bonchev–Trinajstić information content (AvgIpc) is 3.25. The van der Waals surface area contributed by atoms with Crippen LogP contribution in [0.1, 0.15) is 0 Å². The predicted molar refractivity (Wildman–Crippen MR) is 108 cm³/mol. The number of carbonyl (C=O) groups excluding carboxylic acids is 1. The van der Waals surface area contributed by atoms with E-state index in [2.05, 4.69) is 20.5 Å². The molecule has 9 heteroatoms. The van der Waals surface area contributed by atoms with Crippen molar-refractivity contribution >= 4 is 17.7 Å². The summed E-state index contributed by atoms with van der Waals surface area (Å²) in [6.07, 6.45) is -0.218. The number of rotatable bonds is 7. The molecule has 0 fully saturated rings. The molecule has 29 heavy (non-hydrogen) atoms. The maximum Gasteiger partial charge on any atom is 0.230 e. The van der Waals surface area contributed by atoms with E-state index in [1.54, 1.807) is 7.11 Å². The lowest BCUT2D eigenvalue weighted by Crippen LogP contribution is -2.41. The zero-order valence-corrected chi connectivity index (χ0v) is 16.6. The minimum atomic E-state index is -0.218. The standard InChI is InChI=1S/C20H20N4O4S/c1-26-14-8-6-13(7-9-14)19-22-20(24-23-19)29-12-18(25)21-10-15-11-27-16-4-2-3-5-17(16)28-15/h2-9,15H,10-12H2,1H3,(H,21,25)(H,22,23,24)/t15-/m1/s1. The molecule has 1 aliphatic heterocycles. The van der Waals surface area contributed by atoms with Crippen molar-refractivity contribution in [1.29, 1.82) is 0 Å². The lowest BCUT2D eigenvalue weighted by Gasteiger charge is -2.26. The topological polar surface area (TPSA) is 98.4 Å². The first kappa shape index (κ1) is 19.1. The molecular formula is C20H20N4O4S. The number of aromatic nitrogens is 3. The zero-order chi connectivity index (χ0) is 20.1. The highest BCUT2D eigenvalue weighted by molar-refractivity contribution is 7.99. The molecule has 1 aliphatic rings. The minimum Gasteiger partial charge on any atom is -0.497 e. The Balaban J connectivity index is 1.23. The average molecular weight is 412 g/mol. The maximum atomic E-state index is 12.1. The molecule has 0 saturated carbocycles. The van der Waals surface area contributed by atoms with Crippen LogP contribution in [0.4, 0.5) is 0 Å². The third-order valence-electron chi connectivity index (χ3n) is 4.26. The van der Waals surface area contributed by atoms with Crippen LogP contribution in [0.2, 0.25) is 0 Å². The van der Waals surface area contributed by atoms with E-state index < -0.39 is 0 Å². The van der Waals surface area contributed by atoms with Crippen molar-refractivity contribution in [2.75, 3.05) is 26.0 Å². The van der Waals surface area contributed by atoms with Crippen molar-refractivity contribution in [3.63, 3.8) is 0 Å². The number of hydrogen-bond donors (Lipinski definition) is 2. The lowest BCUT2D eigenvalue weighted by molar-refractivity contribution is -0.119. The number of fused-ring (bicyclic) bond motifs is 1. The molecule has 0 saturated heterocycles. The molecular weight excluding hydrogens is 392 g/mol. The molecule has 3 aromatic rings. The summed E-state index contributed by atoms with van der Waals surface area (Å²) in [6, 6.07) is 15.0. The first-order chi connectivity index (χ1) is 14.2. The Kier molecular flexibility index (Phi) is 5.85. The monoisotopic (exact) mass is 412 g/mol. The second-order valence-corrected chi connectivity index (χ2v) is 7.23. The summed E-state index contributed by atoms with van der Waals surface area (Å²) in [5, 5.41) is 10.4. The molecule has 2 aromatic carbocycles. The molecule has 2 N–H and O–H groups in total. The van der Waals surface area contributed by atoms with Gasteiger partial charge in [0, 0.05) is 5.56 Å². The second-order valence-electron chi connectivity index (χ2n) is 6.29. The van der Waals surface area contributed by atoms with Gasteiger partial charge in [-0.3, -0.25) is 9.89 Å². The van der Waals surface area contributed by atoms with Crippen molar-refractivity contribution in [3.05, 3.63) is 48.5 Å². The molecule has 8 nitrogen and oxygen atoms in total. The molecule has 1 amide bonds. The van der Waals surface area contributed by atoms with E-state index in [1.165, 1.54) is 11.8 Å². The van der Waals surface area contributed by atoms with E-state index in [4.69, 9.17) is 14.2 Å². The van der Waals surface area contributed by atoms with E-state index in [9.17, 15) is 4.79 Å². The van der Waals surface area contributed by atoms with Gasteiger partial charge in [0.15, 0.2) is 17.3 Å². The molecule has 0 unspecified atom stereocenters. The Hall–Kier alpha value is -3.20. The molecule has 1 atom stereocenters. The highest BCUT2D eigenvalue weighted by atomic mass is 32.2. The van der Waals surface area contributed by atoms with E-state index in [-0.39, 0.29) is 17.8 Å². The van der Waals surface area contributed by atoms with Crippen LogP contribution >= 0.6 is 11.8 Å². The molecule has 0 bridgehead atoms. The van der Waals surface area contributed by atoms with Gasteiger partial charge in [0.05, 0.1) is 19.4 Å². The molecule has 2 heterocycles. The Bertz CT molecular complexity index is 977. The van der Waals surface area contributed by atoms with Crippen LogP contribution < -0.4 is 19.5 Å². The fourth-order valence-corrected chi connectivity index (χ4v) is 3.39. The molecule has 1 aromatic heterocycles. The fraction of sp³-hybridized carbons (Fsp3) is 0.250. The van der Waals surface area contributed by atoms with Gasteiger partial charge in [0.25, 0.3) is 0 Å². The minimum absolute atomic E-state index is 0.117. The molecule has 150 valence electrons. The molecule has 0 spiro atoms. The van der Waals surface area contributed by atoms with Crippen LogP contribution in [0, 0.1) is 0 Å². The number of methoxy groups -OCH3 is 1. The van der Waals surface area contributed by atoms with Crippen molar-refractivity contribution < 1.29 is 19.0 Å². The quantitative estimate of drug-likeness (QED) is 0.576. The Morgan fingerprint density at radius 2 is 2.03 bits per heavy atom. The smallest absolute Gasteiger partial charge is 0.230 e.